The van der Waals surface area contributed by atoms with Crippen molar-refractivity contribution in [3.8, 4) is 0 Å². The highest BCUT2D eigenvalue weighted by Crippen LogP contribution is 2.29. The van der Waals surface area contributed by atoms with Gasteiger partial charge in [0.2, 0.25) is 5.91 Å². The van der Waals surface area contributed by atoms with E-state index in [9.17, 15) is 4.79 Å². The molecule has 1 aliphatic rings. The number of hydrogen-bond acceptors (Lipinski definition) is 3. The van der Waals surface area contributed by atoms with Crippen LogP contribution in [-0.2, 0) is 4.79 Å². The van der Waals surface area contributed by atoms with Gasteiger partial charge in [0.05, 0.1) is 0 Å². The summed E-state index contributed by atoms with van der Waals surface area (Å²) >= 11 is 2.03. The van der Waals surface area contributed by atoms with Gasteiger partial charge in [-0.1, -0.05) is 13.0 Å². The normalized spacial score (nSPS) is 22.9. The highest BCUT2D eigenvalue weighted by Gasteiger charge is 2.21. The van der Waals surface area contributed by atoms with Crippen molar-refractivity contribution >= 4 is 29.0 Å². The van der Waals surface area contributed by atoms with Gasteiger partial charge in [0, 0.05) is 29.6 Å². The number of thioether (sulfide) groups is 1. The minimum Gasteiger partial charge on any atom is -0.381 e. The van der Waals surface area contributed by atoms with Gasteiger partial charge in [0.1, 0.15) is 0 Å². The summed E-state index contributed by atoms with van der Waals surface area (Å²) < 4.78 is 0. The van der Waals surface area contributed by atoms with Gasteiger partial charge in [-0.25, -0.2) is 0 Å². The maximum atomic E-state index is 11.1. The lowest BCUT2D eigenvalue weighted by molar-refractivity contribution is -0.114. The van der Waals surface area contributed by atoms with Gasteiger partial charge in [0.25, 0.3) is 0 Å². The summed E-state index contributed by atoms with van der Waals surface area (Å²) in [6.45, 7) is 5.92. The number of rotatable bonds is 3. The molecule has 0 bridgehead atoms. The Morgan fingerprint density at radius 2 is 2.21 bits per heavy atom. The minimum atomic E-state index is -0.0311. The van der Waals surface area contributed by atoms with Crippen LogP contribution in [0.25, 0.3) is 0 Å². The summed E-state index contributed by atoms with van der Waals surface area (Å²) in [6.07, 6.45) is 2.50. The fourth-order valence-corrected chi connectivity index (χ4v) is 3.51. The van der Waals surface area contributed by atoms with E-state index in [4.69, 9.17) is 0 Å². The van der Waals surface area contributed by atoms with Crippen LogP contribution < -0.4 is 10.6 Å². The maximum absolute atomic E-state index is 11.1. The SMILES string of the molecule is CC(=O)Nc1ccc(C)c(NC2CCCSC2C)c1. The molecule has 0 spiro atoms. The summed E-state index contributed by atoms with van der Waals surface area (Å²) in [4.78, 5) is 11.1. The van der Waals surface area contributed by atoms with Crippen LogP contribution in [0.2, 0.25) is 0 Å². The van der Waals surface area contributed by atoms with E-state index in [1.54, 1.807) is 0 Å². The summed E-state index contributed by atoms with van der Waals surface area (Å²) in [6, 6.07) is 6.54. The van der Waals surface area contributed by atoms with Gasteiger partial charge < -0.3 is 10.6 Å². The quantitative estimate of drug-likeness (QED) is 0.886. The van der Waals surface area contributed by atoms with Crippen LogP contribution in [0.4, 0.5) is 11.4 Å². The van der Waals surface area contributed by atoms with E-state index in [0.717, 1.165) is 11.4 Å². The highest BCUT2D eigenvalue weighted by molar-refractivity contribution is 8.00. The van der Waals surface area contributed by atoms with Gasteiger partial charge in [-0.05, 0) is 43.2 Å². The number of nitrogens with one attached hydrogen (secondary N) is 2. The molecule has 2 atom stereocenters. The molecule has 0 aromatic heterocycles. The predicted molar refractivity (Wildman–Crippen MR) is 84.0 cm³/mol. The van der Waals surface area contributed by atoms with Crippen molar-refractivity contribution in [2.45, 2.75) is 44.9 Å². The lowest BCUT2D eigenvalue weighted by Crippen LogP contribution is -2.33. The van der Waals surface area contributed by atoms with E-state index in [-0.39, 0.29) is 5.91 Å². The topological polar surface area (TPSA) is 41.1 Å². The first-order chi connectivity index (χ1) is 9.06. The molecule has 19 heavy (non-hydrogen) atoms. The Hall–Kier alpha value is -1.16. The van der Waals surface area contributed by atoms with Crippen molar-refractivity contribution in [2.24, 2.45) is 0 Å². The molecular weight excluding hydrogens is 256 g/mol. The summed E-state index contributed by atoms with van der Waals surface area (Å²) in [5.74, 6) is 1.24. The Kier molecular flexibility index (Phi) is 4.75. The maximum Gasteiger partial charge on any atom is 0.221 e. The van der Waals surface area contributed by atoms with Crippen LogP contribution in [0.15, 0.2) is 18.2 Å². The first-order valence-corrected chi connectivity index (χ1v) is 7.87. The third kappa shape index (κ3) is 3.90. The standard InChI is InChI=1S/C15H22N2OS/c1-10-6-7-13(16-12(3)18)9-15(10)17-14-5-4-8-19-11(14)2/h6-7,9,11,14,17H,4-5,8H2,1-3H3,(H,16,18). The molecule has 3 nitrogen and oxygen atoms in total. The molecule has 2 unspecified atom stereocenters. The molecule has 2 N–H and O–H groups in total. The molecule has 1 amide bonds. The number of hydrogen-bond donors (Lipinski definition) is 2. The van der Waals surface area contributed by atoms with Crippen LogP contribution in [0.3, 0.4) is 0 Å². The molecule has 1 saturated heterocycles. The van der Waals surface area contributed by atoms with Crippen molar-refractivity contribution in [3.63, 3.8) is 0 Å². The van der Waals surface area contributed by atoms with Crippen molar-refractivity contribution in [3.05, 3.63) is 23.8 Å². The van der Waals surface area contributed by atoms with E-state index in [0.29, 0.717) is 11.3 Å². The van der Waals surface area contributed by atoms with Crippen molar-refractivity contribution < 1.29 is 4.79 Å². The third-order valence-corrected chi connectivity index (χ3v) is 4.88. The van der Waals surface area contributed by atoms with Crippen LogP contribution in [0, 0.1) is 6.92 Å². The largest absolute Gasteiger partial charge is 0.381 e. The fourth-order valence-electron chi connectivity index (χ4n) is 2.37. The second-order valence-corrected chi connectivity index (χ2v) is 6.67. The first-order valence-electron chi connectivity index (χ1n) is 6.82. The molecule has 1 aromatic rings. The van der Waals surface area contributed by atoms with Crippen molar-refractivity contribution in [1.82, 2.24) is 0 Å². The fraction of sp³-hybridized carbons (Fsp3) is 0.533. The minimum absolute atomic E-state index is 0.0311. The van der Waals surface area contributed by atoms with Crippen LogP contribution in [-0.4, -0.2) is 23.0 Å². The van der Waals surface area contributed by atoms with Gasteiger partial charge in [-0.15, -0.1) is 0 Å². The Balaban J connectivity index is 2.11. The summed E-state index contributed by atoms with van der Waals surface area (Å²) in [7, 11) is 0. The molecule has 1 aliphatic heterocycles. The van der Waals surface area contributed by atoms with Gasteiger partial charge in [-0.3, -0.25) is 4.79 Å². The van der Waals surface area contributed by atoms with Gasteiger partial charge >= 0.3 is 0 Å². The zero-order valence-electron chi connectivity index (χ0n) is 11.8. The number of benzene rings is 1. The molecular formula is C15H22N2OS. The first kappa shape index (κ1) is 14.3. The lowest BCUT2D eigenvalue weighted by Gasteiger charge is -2.30. The smallest absolute Gasteiger partial charge is 0.221 e. The van der Waals surface area contributed by atoms with E-state index in [2.05, 4.69) is 24.5 Å². The third-order valence-electron chi connectivity index (χ3n) is 3.51. The van der Waals surface area contributed by atoms with Gasteiger partial charge in [-0.2, -0.15) is 11.8 Å². The van der Waals surface area contributed by atoms with Crippen molar-refractivity contribution in [1.29, 1.82) is 0 Å². The number of carbonyl (C=O) groups is 1. The number of carbonyl (C=O) groups excluding carboxylic acids is 1. The molecule has 1 heterocycles. The van der Waals surface area contributed by atoms with Crippen LogP contribution >= 0.6 is 11.8 Å². The lowest BCUT2D eigenvalue weighted by atomic mass is 10.1. The molecule has 0 radical (unpaired) electrons. The van der Waals surface area contributed by atoms with Gasteiger partial charge in [0.15, 0.2) is 0 Å². The molecule has 4 heteroatoms. The highest BCUT2D eigenvalue weighted by atomic mass is 32.2. The Bertz CT molecular complexity index is 461. The van der Waals surface area contributed by atoms with E-state index in [1.807, 2.05) is 30.0 Å². The second kappa shape index (κ2) is 6.33. The Morgan fingerprint density at radius 1 is 1.42 bits per heavy atom. The summed E-state index contributed by atoms with van der Waals surface area (Å²) in [5.41, 5.74) is 3.21. The van der Waals surface area contributed by atoms with Crippen molar-refractivity contribution in [2.75, 3.05) is 16.4 Å². The Labute approximate surface area is 119 Å². The molecule has 1 aromatic carbocycles. The molecule has 0 aliphatic carbocycles. The van der Waals surface area contributed by atoms with Crippen LogP contribution in [0.5, 0.6) is 0 Å². The number of aryl methyl sites for hydroxylation is 1. The Morgan fingerprint density at radius 3 is 2.89 bits per heavy atom. The zero-order valence-corrected chi connectivity index (χ0v) is 12.6. The predicted octanol–water partition coefficient (Wildman–Crippen LogP) is 3.65. The number of amides is 1. The van der Waals surface area contributed by atoms with E-state index >= 15 is 0 Å². The monoisotopic (exact) mass is 278 g/mol. The molecule has 2 rings (SSSR count). The van der Waals surface area contributed by atoms with E-state index < -0.39 is 0 Å². The summed E-state index contributed by atoms with van der Waals surface area (Å²) in [5, 5.41) is 7.11. The molecule has 104 valence electrons. The average molecular weight is 278 g/mol. The number of anilines is 2. The van der Waals surface area contributed by atoms with Crippen LogP contribution in [0.1, 0.15) is 32.3 Å². The van der Waals surface area contributed by atoms with E-state index in [1.165, 1.54) is 31.1 Å². The average Bonchev–Trinajstić information content (AvgIpc) is 2.35. The second-order valence-electron chi connectivity index (χ2n) is 5.18. The molecule has 1 fully saturated rings. The zero-order chi connectivity index (χ0) is 13.8. The molecule has 0 saturated carbocycles.